The molecule has 25 heavy (non-hydrogen) atoms. The number of carbonyl (C=O) groups excluding carboxylic acids is 1. The van der Waals surface area contributed by atoms with Crippen LogP contribution in [0.5, 0.6) is 0 Å². The zero-order chi connectivity index (χ0) is 17.4. The summed E-state index contributed by atoms with van der Waals surface area (Å²) in [4.78, 5) is 14.6. The number of fused-ring (bicyclic) bond motifs is 1. The van der Waals surface area contributed by atoms with Gasteiger partial charge >= 0.3 is 0 Å². The Balaban J connectivity index is 1.61. The number of rotatable bonds is 4. The molecule has 2 aromatic heterocycles. The number of amides is 1. The Morgan fingerprint density at radius 3 is 2.88 bits per heavy atom. The average Bonchev–Trinajstić information content (AvgIpc) is 3.27. The lowest BCUT2D eigenvalue weighted by atomic mass is 10.1. The second-order valence-electron chi connectivity index (χ2n) is 6.81. The number of hydrogen-bond acceptors (Lipinski definition) is 4. The number of aromatic amines is 1. The number of hydrogen-bond donors (Lipinski definition) is 2. The molecule has 1 saturated heterocycles. The molecule has 3 heterocycles. The van der Waals surface area contributed by atoms with Gasteiger partial charge in [0.15, 0.2) is 5.65 Å². The van der Waals surface area contributed by atoms with E-state index in [1.54, 1.807) is 4.68 Å². The summed E-state index contributed by atoms with van der Waals surface area (Å²) in [5.74, 6) is 1.25. The van der Waals surface area contributed by atoms with Crippen molar-refractivity contribution < 1.29 is 4.79 Å². The van der Waals surface area contributed by atoms with Crippen LogP contribution >= 0.6 is 0 Å². The van der Waals surface area contributed by atoms with Crippen molar-refractivity contribution in [3.63, 3.8) is 0 Å². The van der Waals surface area contributed by atoms with Crippen LogP contribution in [0.1, 0.15) is 13.3 Å². The summed E-state index contributed by atoms with van der Waals surface area (Å²) in [5, 5.41) is 15.7. The SMILES string of the molecule is CC1CCN(CC(=O)Nc2[nH]nc3c2c(-c2ccccc2)nn3C)C1. The molecule has 4 rings (SSSR count). The highest BCUT2D eigenvalue weighted by molar-refractivity contribution is 6.05. The van der Waals surface area contributed by atoms with Crippen LogP contribution in [0.15, 0.2) is 30.3 Å². The molecule has 1 unspecified atom stereocenters. The number of nitrogens with one attached hydrogen (secondary N) is 2. The fourth-order valence-corrected chi connectivity index (χ4v) is 3.48. The zero-order valence-electron chi connectivity index (χ0n) is 14.5. The Hall–Kier alpha value is -2.67. The molecule has 3 aromatic rings. The fraction of sp³-hybridized carbons (Fsp3) is 0.389. The van der Waals surface area contributed by atoms with Crippen molar-refractivity contribution in [3.05, 3.63) is 30.3 Å². The van der Waals surface area contributed by atoms with Gasteiger partial charge in [-0.25, -0.2) is 4.68 Å². The molecule has 0 bridgehead atoms. The zero-order valence-corrected chi connectivity index (χ0v) is 14.5. The Bertz CT molecular complexity index is 897. The first-order chi connectivity index (χ1) is 12.1. The first-order valence-corrected chi connectivity index (χ1v) is 8.60. The molecule has 1 aliphatic rings. The van der Waals surface area contributed by atoms with Crippen LogP contribution in [-0.2, 0) is 11.8 Å². The third-order valence-corrected chi connectivity index (χ3v) is 4.73. The average molecular weight is 338 g/mol. The lowest BCUT2D eigenvalue weighted by Crippen LogP contribution is -2.31. The van der Waals surface area contributed by atoms with Crippen LogP contribution in [-0.4, -0.2) is 50.4 Å². The summed E-state index contributed by atoms with van der Waals surface area (Å²) < 4.78 is 1.73. The maximum absolute atomic E-state index is 12.4. The molecule has 130 valence electrons. The topological polar surface area (TPSA) is 78.8 Å². The number of carbonyl (C=O) groups is 1. The minimum Gasteiger partial charge on any atom is -0.309 e. The van der Waals surface area contributed by atoms with E-state index in [1.165, 1.54) is 0 Å². The number of anilines is 1. The Morgan fingerprint density at radius 1 is 1.36 bits per heavy atom. The van der Waals surface area contributed by atoms with E-state index in [0.29, 0.717) is 18.3 Å². The van der Waals surface area contributed by atoms with E-state index in [4.69, 9.17) is 0 Å². The van der Waals surface area contributed by atoms with Gasteiger partial charge in [0.2, 0.25) is 5.91 Å². The number of H-pyrrole nitrogens is 1. The number of likely N-dealkylation sites (tertiary alicyclic amines) is 1. The summed E-state index contributed by atoms with van der Waals surface area (Å²) in [6, 6.07) is 9.93. The van der Waals surface area contributed by atoms with Gasteiger partial charge in [0, 0.05) is 19.2 Å². The molecule has 7 heteroatoms. The van der Waals surface area contributed by atoms with Crippen LogP contribution < -0.4 is 5.32 Å². The van der Waals surface area contributed by atoms with Gasteiger partial charge < -0.3 is 5.32 Å². The molecule has 1 atom stereocenters. The Morgan fingerprint density at radius 2 is 2.16 bits per heavy atom. The highest BCUT2D eigenvalue weighted by Gasteiger charge is 2.23. The molecule has 0 saturated carbocycles. The maximum Gasteiger partial charge on any atom is 0.239 e. The number of aryl methyl sites for hydroxylation is 1. The minimum absolute atomic E-state index is 0.0254. The van der Waals surface area contributed by atoms with E-state index in [0.717, 1.165) is 41.8 Å². The minimum atomic E-state index is -0.0254. The van der Waals surface area contributed by atoms with Gasteiger partial charge in [0.05, 0.1) is 11.9 Å². The van der Waals surface area contributed by atoms with Crippen molar-refractivity contribution in [2.45, 2.75) is 13.3 Å². The summed E-state index contributed by atoms with van der Waals surface area (Å²) in [7, 11) is 1.85. The molecule has 1 fully saturated rings. The molecule has 1 amide bonds. The van der Waals surface area contributed by atoms with E-state index in [1.807, 2.05) is 37.4 Å². The molecule has 1 aromatic carbocycles. The van der Waals surface area contributed by atoms with Crippen LogP contribution in [0.3, 0.4) is 0 Å². The highest BCUT2D eigenvalue weighted by Crippen LogP contribution is 2.31. The summed E-state index contributed by atoms with van der Waals surface area (Å²) in [5.41, 5.74) is 2.54. The molecule has 0 aliphatic carbocycles. The molecular weight excluding hydrogens is 316 g/mol. The Labute approximate surface area is 146 Å². The van der Waals surface area contributed by atoms with Crippen molar-refractivity contribution in [3.8, 4) is 11.3 Å². The molecular formula is C18H22N6O. The largest absolute Gasteiger partial charge is 0.309 e. The van der Waals surface area contributed by atoms with Crippen molar-refractivity contribution in [1.82, 2.24) is 24.9 Å². The third kappa shape index (κ3) is 3.02. The molecule has 0 radical (unpaired) electrons. The van der Waals surface area contributed by atoms with Gasteiger partial charge in [-0.1, -0.05) is 37.3 Å². The van der Waals surface area contributed by atoms with E-state index >= 15 is 0 Å². The molecule has 7 nitrogen and oxygen atoms in total. The smallest absolute Gasteiger partial charge is 0.239 e. The van der Waals surface area contributed by atoms with E-state index in [2.05, 4.69) is 32.4 Å². The Kier molecular flexibility index (Phi) is 4.01. The molecule has 2 N–H and O–H groups in total. The summed E-state index contributed by atoms with van der Waals surface area (Å²) >= 11 is 0. The van der Waals surface area contributed by atoms with Crippen molar-refractivity contribution in [1.29, 1.82) is 0 Å². The van der Waals surface area contributed by atoms with Crippen molar-refractivity contribution in [2.24, 2.45) is 13.0 Å². The van der Waals surface area contributed by atoms with Gasteiger partial charge in [-0.3, -0.25) is 14.8 Å². The number of aromatic nitrogens is 4. The van der Waals surface area contributed by atoms with Crippen LogP contribution in [0.4, 0.5) is 5.82 Å². The quantitative estimate of drug-likeness (QED) is 0.765. The first kappa shape index (κ1) is 15.8. The summed E-state index contributed by atoms with van der Waals surface area (Å²) in [6.07, 6.45) is 1.16. The van der Waals surface area contributed by atoms with E-state index in [-0.39, 0.29) is 5.91 Å². The second kappa shape index (κ2) is 6.33. The fourth-order valence-electron chi connectivity index (χ4n) is 3.48. The van der Waals surface area contributed by atoms with Crippen LogP contribution in [0.25, 0.3) is 22.3 Å². The van der Waals surface area contributed by atoms with Gasteiger partial charge in [-0.15, -0.1) is 0 Å². The van der Waals surface area contributed by atoms with Crippen molar-refractivity contribution in [2.75, 3.05) is 25.0 Å². The van der Waals surface area contributed by atoms with Gasteiger partial charge in [0.1, 0.15) is 11.5 Å². The first-order valence-electron chi connectivity index (χ1n) is 8.60. The lowest BCUT2D eigenvalue weighted by Gasteiger charge is -2.14. The van der Waals surface area contributed by atoms with Gasteiger partial charge in [0.25, 0.3) is 0 Å². The summed E-state index contributed by atoms with van der Waals surface area (Å²) in [6.45, 7) is 4.59. The standard InChI is InChI=1S/C18H22N6O/c1-12-8-9-24(10-12)11-14(25)19-17-15-16(13-6-4-3-5-7-13)22-23(2)18(15)21-20-17/h3-7,12H,8-11H2,1-2H3,(H2,19,20,21,25). The monoisotopic (exact) mass is 338 g/mol. The van der Waals surface area contributed by atoms with Gasteiger partial charge in [-0.2, -0.15) is 10.2 Å². The second-order valence-corrected chi connectivity index (χ2v) is 6.81. The van der Waals surface area contributed by atoms with Crippen LogP contribution in [0.2, 0.25) is 0 Å². The van der Waals surface area contributed by atoms with E-state index < -0.39 is 0 Å². The number of nitrogens with zero attached hydrogens (tertiary/aromatic N) is 4. The van der Waals surface area contributed by atoms with E-state index in [9.17, 15) is 4.79 Å². The van der Waals surface area contributed by atoms with Crippen molar-refractivity contribution >= 4 is 22.8 Å². The molecule has 1 aliphatic heterocycles. The highest BCUT2D eigenvalue weighted by atomic mass is 16.2. The maximum atomic E-state index is 12.4. The van der Waals surface area contributed by atoms with Crippen LogP contribution in [0, 0.1) is 5.92 Å². The van der Waals surface area contributed by atoms with Gasteiger partial charge in [-0.05, 0) is 18.9 Å². The number of benzene rings is 1. The predicted octanol–water partition coefficient (Wildman–Crippen LogP) is 2.24. The predicted molar refractivity (Wildman–Crippen MR) is 97.1 cm³/mol. The normalized spacial score (nSPS) is 18.1. The molecule has 0 spiro atoms. The third-order valence-electron chi connectivity index (χ3n) is 4.73. The lowest BCUT2D eigenvalue weighted by molar-refractivity contribution is -0.117.